The molecule has 3 aromatic rings. The second-order valence-electron chi connectivity index (χ2n) is 7.58. The third kappa shape index (κ3) is 4.64. The summed E-state index contributed by atoms with van der Waals surface area (Å²) in [5.41, 5.74) is 0.927. The molecule has 4 rings (SSSR count). The van der Waals surface area contributed by atoms with Crippen LogP contribution in [0.25, 0.3) is 0 Å². The van der Waals surface area contributed by atoms with E-state index in [2.05, 4.69) is 0 Å². The van der Waals surface area contributed by atoms with Gasteiger partial charge in [0.15, 0.2) is 0 Å². The number of carbonyl (C=O) groups excluding carboxylic acids is 3. The lowest BCUT2D eigenvalue weighted by Gasteiger charge is -2.24. The van der Waals surface area contributed by atoms with Gasteiger partial charge in [0, 0.05) is 29.7 Å². The molecule has 0 aliphatic carbocycles. The van der Waals surface area contributed by atoms with Crippen molar-refractivity contribution in [3.8, 4) is 0 Å². The number of fused-ring (bicyclic) bond motifs is 1. The van der Waals surface area contributed by atoms with Crippen LogP contribution in [0.1, 0.15) is 43.9 Å². The maximum absolute atomic E-state index is 14.5. The minimum atomic E-state index is -0.870. The van der Waals surface area contributed by atoms with Gasteiger partial charge in [0.2, 0.25) is 0 Å². The molecule has 0 spiro atoms. The highest BCUT2D eigenvalue weighted by Crippen LogP contribution is 2.25. The van der Waals surface area contributed by atoms with Crippen molar-refractivity contribution in [2.75, 3.05) is 18.0 Å². The Kier molecular flexibility index (Phi) is 6.51. The van der Waals surface area contributed by atoms with E-state index in [1.807, 2.05) is 0 Å². The number of halogens is 3. The first kappa shape index (κ1) is 22.6. The normalized spacial score (nSPS) is 12.8. The first-order valence-corrected chi connectivity index (χ1v) is 10.7. The van der Waals surface area contributed by atoms with E-state index < -0.39 is 17.5 Å². The molecule has 0 unspecified atom stereocenters. The zero-order valence-electron chi connectivity index (χ0n) is 17.4. The lowest BCUT2D eigenvalue weighted by atomic mass is 10.1. The Bertz CT molecular complexity index is 1210. The summed E-state index contributed by atoms with van der Waals surface area (Å²) in [6.07, 6.45) is 0.768. The first-order chi connectivity index (χ1) is 15.9. The number of nitrogens with zero attached hydrogens (tertiary/aromatic N) is 2. The van der Waals surface area contributed by atoms with Gasteiger partial charge in [-0.3, -0.25) is 19.3 Å². The number of anilines is 1. The van der Waals surface area contributed by atoms with Crippen LogP contribution in [0.4, 0.5) is 14.5 Å². The fraction of sp³-hybridized carbons (Fsp3) is 0.160. The quantitative estimate of drug-likeness (QED) is 0.347. The summed E-state index contributed by atoms with van der Waals surface area (Å²) in [7, 11) is 0. The third-order valence-corrected chi connectivity index (χ3v) is 5.64. The van der Waals surface area contributed by atoms with Gasteiger partial charge in [0.25, 0.3) is 17.7 Å². The SMILES string of the molecule is O=C1c2ccccc2C(=O)N1CCCCN(C(=O)c1cccc(Cl)c1)c1ccc(F)cc1F. The lowest BCUT2D eigenvalue weighted by Crippen LogP contribution is -2.34. The number of carbonyl (C=O) groups is 3. The molecule has 8 heteroatoms. The van der Waals surface area contributed by atoms with E-state index in [1.54, 1.807) is 42.5 Å². The average Bonchev–Trinajstić information content (AvgIpc) is 3.04. The van der Waals surface area contributed by atoms with E-state index in [4.69, 9.17) is 11.6 Å². The van der Waals surface area contributed by atoms with Gasteiger partial charge in [-0.05, 0) is 55.3 Å². The molecule has 1 aliphatic rings. The molecule has 0 bridgehead atoms. The minimum Gasteiger partial charge on any atom is -0.306 e. The van der Waals surface area contributed by atoms with Crippen LogP contribution in [-0.4, -0.2) is 35.7 Å². The van der Waals surface area contributed by atoms with Crippen LogP contribution in [0, 0.1) is 11.6 Å². The summed E-state index contributed by atoms with van der Waals surface area (Å²) in [4.78, 5) is 40.5. The van der Waals surface area contributed by atoms with Crippen molar-refractivity contribution in [3.63, 3.8) is 0 Å². The Morgan fingerprint density at radius 1 is 0.879 bits per heavy atom. The average molecular weight is 469 g/mol. The first-order valence-electron chi connectivity index (χ1n) is 10.3. The molecule has 0 radical (unpaired) electrons. The molecule has 1 aliphatic heterocycles. The maximum atomic E-state index is 14.5. The molecule has 0 aromatic heterocycles. The number of benzene rings is 3. The van der Waals surface area contributed by atoms with Gasteiger partial charge in [-0.1, -0.05) is 29.8 Å². The van der Waals surface area contributed by atoms with E-state index >= 15 is 0 Å². The van der Waals surface area contributed by atoms with Crippen molar-refractivity contribution in [1.29, 1.82) is 0 Å². The van der Waals surface area contributed by atoms with Crippen molar-refractivity contribution < 1.29 is 23.2 Å². The zero-order chi connectivity index (χ0) is 23.5. The summed E-state index contributed by atoms with van der Waals surface area (Å²) in [5, 5.41) is 0.353. The van der Waals surface area contributed by atoms with E-state index in [0.29, 0.717) is 35.1 Å². The topological polar surface area (TPSA) is 57.7 Å². The van der Waals surface area contributed by atoms with E-state index in [-0.39, 0.29) is 36.2 Å². The number of unbranched alkanes of at least 4 members (excludes halogenated alkanes) is 1. The van der Waals surface area contributed by atoms with Crippen molar-refractivity contribution >= 4 is 35.0 Å². The highest BCUT2D eigenvalue weighted by molar-refractivity contribution is 6.31. The summed E-state index contributed by atoms with van der Waals surface area (Å²) in [5.74, 6) is -2.83. The number of hydrogen-bond donors (Lipinski definition) is 0. The van der Waals surface area contributed by atoms with Crippen LogP contribution in [0.5, 0.6) is 0 Å². The predicted octanol–water partition coefficient (Wildman–Crippen LogP) is 5.34. The fourth-order valence-electron chi connectivity index (χ4n) is 3.79. The molecule has 3 amide bonds. The van der Waals surface area contributed by atoms with E-state index in [9.17, 15) is 23.2 Å². The molecule has 33 heavy (non-hydrogen) atoms. The van der Waals surface area contributed by atoms with Crippen LogP contribution in [0.3, 0.4) is 0 Å². The monoisotopic (exact) mass is 468 g/mol. The van der Waals surface area contributed by atoms with Gasteiger partial charge >= 0.3 is 0 Å². The van der Waals surface area contributed by atoms with Crippen molar-refractivity contribution in [1.82, 2.24) is 4.90 Å². The number of imide groups is 1. The fourth-order valence-corrected chi connectivity index (χ4v) is 3.98. The molecule has 3 aromatic carbocycles. The van der Waals surface area contributed by atoms with E-state index in [0.717, 1.165) is 6.07 Å². The summed E-state index contributed by atoms with van der Waals surface area (Å²) in [6, 6.07) is 15.9. The lowest BCUT2D eigenvalue weighted by molar-refractivity contribution is 0.0651. The molecular formula is C25H19ClF2N2O3. The van der Waals surface area contributed by atoms with Crippen LogP contribution in [0.15, 0.2) is 66.7 Å². The van der Waals surface area contributed by atoms with Crippen molar-refractivity contribution in [2.45, 2.75) is 12.8 Å². The Balaban J connectivity index is 1.48. The molecule has 0 atom stereocenters. The molecule has 5 nitrogen and oxygen atoms in total. The Morgan fingerprint density at radius 2 is 1.58 bits per heavy atom. The summed E-state index contributed by atoms with van der Waals surface area (Å²) < 4.78 is 27.9. The smallest absolute Gasteiger partial charge is 0.261 e. The molecule has 168 valence electrons. The van der Waals surface area contributed by atoms with Gasteiger partial charge < -0.3 is 4.90 Å². The Morgan fingerprint density at radius 3 is 2.21 bits per heavy atom. The van der Waals surface area contributed by atoms with Gasteiger partial charge in [-0.15, -0.1) is 0 Å². The van der Waals surface area contributed by atoms with Gasteiger partial charge in [0.1, 0.15) is 11.6 Å². The van der Waals surface area contributed by atoms with Gasteiger partial charge in [-0.25, -0.2) is 8.78 Å². The molecule has 0 fully saturated rings. The highest BCUT2D eigenvalue weighted by atomic mass is 35.5. The largest absolute Gasteiger partial charge is 0.306 e. The van der Waals surface area contributed by atoms with Crippen LogP contribution in [0.2, 0.25) is 5.02 Å². The number of amides is 3. The molecule has 0 saturated heterocycles. The summed E-state index contributed by atoms with van der Waals surface area (Å²) >= 11 is 5.99. The molecule has 1 heterocycles. The predicted molar refractivity (Wildman–Crippen MR) is 121 cm³/mol. The Labute approximate surface area is 194 Å². The molecule has 0 N–H and O–H groups in total. The standard InChI is InChI=1S/C25H19ClF2N2O3/c26-17-7-5-6-16(14-17)23(31)29(22-11-10-18(27)15-21(22)28)12-3-4-13-30-24(32)19-8-1-2-9-20(19)25(30)33/h1-2,5-11,14-15H,3-4,12-13H2. The minimum absolute atomic E-state index is 0.0675. The number of rotatable bonds is 7. The Hall–Kier alpha value is -3.58. The molecular weight excluding hydrogens is 450 g/mol. The van der Waals surface area contributed by atoms with Crippen molar-refractivity contribution in [2.24, 2.45) is 0 Å². The van der Waals surface area contributed by atoms with Crippen molar-refractivity contribution in [3.05, 3.63) is 100 Å². The van der Waals surface area contributed by atoms with Crippen LogP contribution in [-0.2, 0) is 0 Å². The van der Waals surface area contributed by atoms with Gasteiger partial charge in [-0.2, -0.15) is 0 Å². The maximum Gasteiger partial charge on any atom is 0.261 e. The van der Waals surface area contributed by atoms with Gasteiger partial charge in [0.05, 0.1) is 16.8 Å². The van der Waals surface area contributed by atoms with E-state index in [1.165, 1.54) is 21.9 Å². The zero-order valence-corrected chi connectivity index (χ0v) is 18.2. The highest BCUT2D eigenvalue weighted by Gasteiger charge is 2.34. The summed E-state index contributed by atoms with van der Waals surface area (Å²) in [6.45, 7) is 0.258. The molecule has 0 saturated carbocycles. The third-order valence-electron chi connectivity index (χ3n) is 5.41. The van der Waals surface area contributed by atoms with Crippen LogP contribution < -0.4 is 4.90 Å². The second kappa shape index (κ2) is 9.50. The van der Waals surface area contributed by atoms with Crippen LogP contribution >= 0.6 is 11.6 Å². The number of hydrogen-bond acceptors (Lipinski definition) is 3. The second-order valence-corrected chi connectivity index (χ2v) is 8.01.